The summed E-state index contributed by atoms with van der Waals surface area (Å²) in [7, 11) is 0. The van der Waals surface area contributed by atoms with E-state index in [0.717, 1.165) is 19.3 Å². The fourth-order valence-electron chi connectivity index (χ4n) is 3.56. The lowest BCUT2D eigenvalue weighted by atomic mass is 9.80. The smallest absolute Gasteiger partial charge is 0.337 e. The molecule has 2 N–H and O–H groups in total. The molecule has 0 aromatic carbocycles. The number of aryl methyl sites for hydroxylation is 1. The Morgan fingerprint density at radius 1 is 1.15 bits per heavy atom. The van der Waals surface area contributed by atoms with Crippen molar-refractivity contribution in [1.29, 1.82) is 0 Å². The van der Waals surface area contributed by atoms with E-state index < -0.39 is 17.4 Å². The van der Waals surface area contributed by atoms with Gasteiger partial charge >= 0.3 is 5.97 Å². The van der Waals surface area contributed by atoms with E-state index in [4.69, 9.17) is 5.11 Å². The third-order valence-corrected chi connectivity index (χ3v) is 5.07. The van der Waals surface area contributed by atoms with Gasteiger partial charge in [-0.25, -0.2) is 9.78 Å². The first-order valence-corrected chi connectivity index (χ1v) is 9.17. The van der Waals surface area contributed by atoms with E-state index in [1.807, 2.05) is 13.8 Å². The first kappa shape index (κ1) is 19.9. The predicted molar refractivity (Wildman–Crippen MR) is 97.1 cm³/mol. The SMILES string of the molecule is CCN(CC)C(=O)C1(NC(=O)c2ccc(C(=O)O)c(C)n2)CCCCC1. The van der Waals surface area contributed by atoms with Gasteiger partial charge in [0.25, 0.3) is 5.91 Å². The van der Waals surface area contributed by atoms with E-state index in [-0.39, 0.29) is 22.9 Å². The molecule has 1 fully saturated rings. The Labute approximate surface area is 153 Å². The van der Waals surface area contributed by atoms with Crippen LogP contribution in [-0.2, 0) is 4.79 Å². The molecular formula is C19H27N3O4. The number of hydrogen-bond acceptors (Lipinski definition) is 4. The van der Waals surface area contributed by atoms with E-state index in [9.17, 15) is 14.4 Å². The Hall–Kier alpha value is -2.44. The van der Waals surface area contributed by atoms with Gasteiger partial charge in [0, 0.05) is 13.1 Å². The fraction of sp³-hybridized carbons (Fsp3) is 0.579. The minimum Gasteiger partial charge on any atom is -0.478 e. The Kier molecular flexibility index (Phi) is 6.34. The minimum absolute atomic E-state index is 0.0468. The molecule has 2 amide bonds. The molecule has 2 rings (SSSR count). The molecule has 142 valence electrons. The van der Waals surface area contributed by atoms with E-state index in [1.165, 1.54) is 12.1 Å². The van der Waals surface area contributed by atoms with Crippen LogP contribution in [0.15, 0.2) is 12.1 Å². The topological polar surface area (TPSA) is 99.6 Å². The maximum absolute atomic E-state index is 13.1. The van der Waals surface area contributed by atoms with E-state index >= 15 is 0 Å². The standard InChI is InChI=1S/C19H27N3O4/c1-4-22(5-2)18(26)19(11-7-6-8-12-19)21-16(23)15-10-9-14(17(24)25)13(3)20-15/h9-10H,4-8,11-12H2,1-3H3,(H,21,23)(H,24,25). The van der Waals surface area contributed by atoms with Gasteiger partial charge in [0.05, 0.1) is 11.3 Å². The molecule has 0 saturated heterocycles. The lowest BCUT2D eigenvalue weighted by Gasteiger charge is -2.39. The van der Waals surface area contributed by atoms with E-state index in [1.54, 1.807) is 11.8 Å². The van der Waals surface area contributed by atoms with Gasteiger partial charge in [-0.3, -0.25) is 9.59 Å². The summed E-state index contributed by atoms with van der Waals surface area (Å²) in [6.07, 6.45) is 4.05. The first-order valence-electron chi connectivity index (χ1n) is 9.17. The summed E-state index contributed by atoms with van der Waals surface area (Å²) in [4.78, 5) is 42.8. The van der Waals surface area contributed by atoms with Gasteiger partial charge in [-0.05, 0) is 45.7 Å². The number of carboxylic acids is 1. The van der Waals surface area contributed by atoms with Crippen molar-refractivity contribution >= 4 is 17.8 Å². The number of likely N-dealkylation sites (N-methyl/N-ethyl adjacent to an activating group) is 1. The summed E-state index contributed by atoms with van der Waals surface area (Å²) in [5.41, 5.74) is -0.432. The molecule has 1 aliphatic carbocycles. The number of hydrogen-bond donors (Lipinski definition) is 2. The van der Waals surface area contributed by atoms with E-state index in [2.05, 4.69) is 10.3 Å². The van der Waals surface area contributed by atoms with Gasteiger partial charge in [-0.15, -0.1) is 0 Å². The highest BCUT2D eigenvalue weighted by molar-refractivity contribution is 5.99. The summed E-state index contributed by atoms with van der Waals surface area (Å²) in [6.45, 7) is 6.59. The van der Waals surface area contributed by atoms with Crippen LogP contribution in [0.25, 0.3) is 0 Å². The van der Waals surface area contributed by atoms with Crippen molar-refractivity contribution in [3.63, 3.8) is 0 Å². The normalized spacial score (nSPS) is 16.0. The molecule has 0 unspecified atom stereocenters. The second-order valence-corrected chi connectivity index (χ2v) is 6.71. The van der Waals surface area contributed by atoms with Crippen LogP contribution in [0.3, 0.4) is 0 Å². The molecule has 7 heteroatoms. The average Bonchev–Trinajstić information content (AvgIpc) is 2.63. The number of carbonyl (C=O) groups is 3. The summed E-state index contributed by atoms with van der Waals surface area (Å²) in [5, 5.41) is 12.0. The molecule has 0 bridgehead atoms. The number of nitrogens with zero attached hydrogens (tertiary/aromatic N) is 2. The molecule has 1 aromatic rings. The predicted octanol–water partition coefficient (Wildman–Crippen LogP) is 2.39. The third kappa shape index (κ3) is 4.03. The molecule has 7 nitrogen and oxygen atoms in total. The fourth-order valence-corrected chi connectivity index (χ4v) is 3.56. The zero-order valence-corrected chi connectivity index (χ0v) is 15.7. The lowest BCUT2D eigenvalue weighted by Crippen LogP contribution is -2.60. The van der Waals surface area contributed by atoms with Crippen LogP contribution in [0.2, 0.25) is 0 Å². The number of carboxylic acid groups (broad SMARTS) is 1. The van der Waals surface area contributed by atoms with Crippen molar-refractivity contribution in [1.82, 2.24) is 15.2 Å². The summed E-state index contributed by atoms with van der Waals surface area (Å²) in [5.74, 6) is -1.57. The van der Waals surface area contributed by atoms with Crippen molar-refractivity contribution in [3.05, 3.63) is 29.1 Å². The zero-order chi connectivity index (χ0) is 19.3. The zero-order valence-electron chi connectivity index (χ0n) is 15.7. The third-order valence-electron chi connectivity index (χ3n) is 5.07. The van der Waals surface area contributed by atoms with Gasteiger partial charge in [0.2, 0.25) is 5.91 Å². The molecule has 0 radical (unpaired) electrons. The Morgan fingerprint density at radius 3 is 2.27 bits per heavy atom. The molecular weight excluding hydrogens is 334 g/mol. The van der Waals surface area contributed by atoms with Gasteiger partial charge in [0.1, 0.15) is 11.2 Å². The molecule has 26 heavy (non-hydrogen) atoms. The number of aromatic carboxylic acids is 1. The van der Waals surface area contributed by atoms with Crippen LogP contribution in [0.4, 0.5) is 0 Å². The monoisotopic (exact) mass is 361 g/mol. The summed E-state index contributed by atoms with van der Waals surface area (Å²) >= 11 is 0. The van der Waals surface area contributed by atoms with Crippen LogP contribution >= 0.6 is 0 Å². The largest absolute Gasteiger partial charge is 0.478 e. The Balaban J connectivity index is 2.28. The molecule has 1 saturated carbocycles. The van der Waals surface area contributed by atoms with Crippen LogP contribution < -0.4 is 5.32 Å². The molecule has 1 aromatic heterocycles. The Morgan fingerprint density at radius 2 is 1.77 bits per heavy atom. The Bertz CT molecular complexity index is 692. The molecule has 0 atom stereocenters. The lowest BCUT2D eigenvalue weighted by molar-refractivity contribution is -0.139. The number of nitrogens with one attached hydrogen (secondary N) is 1. The highest BCUT2D eigenvalue weighted by Crippen LogP contribution is 2.30. The molecule has 1 aliphatic rings. The highest BCUT2D eigenvalue weighted by Gasteiger charge is 2.43. The number of rotatable bonds is 6. The summed E-state index contributed by atoms with van der Waals surface area (Å²) < 4.78 is 0. The van der Waals surface area contributed by atoms with E-state index in [0.29, 0.717) is 25.9 Å². The van der Waals surface area contributed by atoms with Gasteiger partial charge in [-0.1, -0.05) is 19.3 Å². The van der Waals surface area contributed by atoms with Crippen LogP contribution in [0, 0.1) is 6.92 Å². The van der Waals surface area contributed by atoms with Crippen molar-refractivity contribution < 1.29 is 19.5 Å². The van der Waals surface area contributed by atoms with Crippen LogP contribution in [0.1, 0.15) is 72.5 Å². The first-order chi connectivity index (χ1) is 12.3. The maximum atomic E-state index is 13.1. The van der Waals surface area contributed by atoms with Gasteiger partial charge in [-0.2, -0.15) is 0 Å². The van der Waals surface area contributed by atoms with Crippen LogP contribution in [-0.4, -0.2) is 51.4 Å². The molecule has 0 aliphatic heterocycles. The van der Waals surface area contributed by atoms with Crippen LogP contribution in [0.5, 0.6) is 0 Å². The van der Waals surface area contributed by atoms with Crippen molar-refractivity contribution in [2.75, 3.05) is 13.1 Å². The van der Waals surface area contributed by atoms with Gasteiger partial charge in [0.15, 0.2) is 0 Å². The van der Waals surface area contributed by atoms with Crippen molar-refractivity contribution in [3.8, 4) is 0 Å². The summed E-state index contributed by atoms with van der Waals surface area (Å²) in [6, 6.07) is 2.77. The molecule has 1 heterocycles. The average molecular weight is 361 g/mol. The molecule has 0 spiro atoms. The van der Waals surface area contributed by atoms with Gasteiger partial charge < -0.3 is 15.3 Å². The quantitative estimate of drug-likeness (QED) is 0.810. The maximum Gasteiger partial charge on any atom is 0.337 e. The second kappa shape index (κ2) is 8.29. The number of amides is 2. The number of aromatic nitrogens is 1. The van der Waals surface area contributed by atoms with Crippen molar-refractivity contribution in [2.24, 2.45) is 0 Å². The second-order valence-electron chi connectivity index (χ2n) is 6.71. The number of carbonyl (C=O) groups excluding carboxylic acids is 2. The minimum atomic E-state index is -1.08. The number of pyridine rings is 1. The van der Waals surface area contributed by atoms with Crippen molar-refractivity contribution in [2.45, 2.75) is 58.4 Å². The highest BCUT2D eigenvalue weighted by atomic mass is 16.4.